The second-order valence-electron chi connectivity index (χ2n) is 7.33. The van der Waals surface area contributed by atoms with Crippen LogP contribution < -0.4 is 5.73 Å². The van der Waals surface area contributed by atoms with Crippen LogP contribution in [0.4, 0.5) is 5.69 Å². The van der Waals surface area contributed by atoms with Crippen LogP contribution in [0.15, 0.2) is 24.3 Å². The van der Waals surface area contributed by atoms with Gasteiger partial charge in [-0.25, -0.2) is 0 Å². The van der Waals surface area contributed by atoms with E-state index in [0.717, 1.165) is 11.3 Å². The van der Waals surface area contributed by atoms with Crippen molar-refractivity contribution < 1.29 is 4.79 Å². The molecule has 118 valence electrons. The number of nitrogen functional groups attached to an aromatic ring is 1. The molecule has 1 unspecified atom stereocenters. The summed E-state index contributed by atoms with van der Waals surface area (Å²) in [6.07, 6.45) is 0.594. The molecule has 1 aromatic rings. The molecule has 1 amide bonds. The van der Waals surface area contributed by atoms with Gasteiger partial charge in [-0.15, -0.1) is 0 Å². The zero-order valence-corrected chi connectivity index (χ0v) is 14.3. The van der Waals surface area contributed by atoms with Crippen molar-refractivity contribution in [1.82, 2.24) is 4.90 Å². The molecule has 3 nitrogen and oxygen atoms in total. The first-order valence-electron chi connectivity index (χ1n) is 7.75. The van der Waals surface area contributed by atoms with Gasteiger partial charge in [-0.1, -0.05) is 39.8 Å². The summed E-state index contributed by atoms with van der Waals surface area (Å²) in [5.74, 6) is 0.585. The monoisotopic (exact) mass is 290 g/mol. The third-order valence-corrected chi connectivity index (χ3v) is 4.24. The molecule has 3 heteroatoms. The molecule has 0 saturated carbocycles. The summed E-state index contributed by atoms with van der Waals surface area (Å²) >= 11 is 0. The number of benzene rings is 1. The first-order chi connectivity index (χ1) is 9.61. The molecule has 21 heavy (non-hydrogen) atoms. The number of nitrogens with two attached hydrogens (primary N) is 1. The maximum atomic E-state index is 12.6. The van der Waals surface area contributed by atoms with Gasteiger partial charge in [0.25, 0.3) is 0 Å². The van der Waals surface area contributed by atoms with E-state index in [1.165, 1.54) is 0 Å². The Morgan fingerprint density at radius 1 is 1.14 bits per heavy atom. The second-order valence-corrected chi connectivity index (χ2v) is 7.33. The van der Waals surface area contributed by atoms with Crippen LogP contribution in [0.2, 0.25) is 0 Å². The molecule has 1 rings (SSSR count). The maximum Gasteiger partial charge on any atom is 0.223 e. The van der Waals surface area contributed by atoms with Crippen LogP contribution in [0.1, 0.15) is 53.5 Å². The van der Waals surface area contributed by atoms with E-state index < -0.39 is 0 Å². The molecule has 0 heterocycles. The lowest BCUT2D eigenvalue weighted by molar-refractivity contribution is -0.135. The van der Waals surface area contributed by atoms with Crippen molar-refractivity contribution in [3.63, 3.8) is 0 Å². The molecule has 2 N–H and O–H groups in total. The fraction of sp³-hybridized carbons (Fsp3) is 0.611. The van der Waals surface area contributed by atoms with Gasteiger partial charge < -0.3 is 10.6 Å². The molecule has 0 aliphatic heterocycles. The molecule has 0 aliphatic rings. The number of hydrogen-bond donors (Lipinski definition) is 1. The average Bonchev–Trinajstić information content (AvgIpc) is 2.36. The Hall–Kier alpha value is -1.51. The summed E-state index contributed by atoms with van der Waals surface area (Å²) in [7, 11) is 0. The van der Waals surface area contributed by atoms with Gasteiger partial charge in [-0.05, 0) is 42.9 Å². The number of carbonyl (C=O) groups excluding carboxylic acids is 1. The highest BCUT2D eigenvalue weighted by Gasteiger charge is 2.26. The first-order valence-corrected chi connectivity index (χ1v) is 7.75. The van der Waals surface area contributed by atoms with Crippen molar-refractivity contribution in [1.29, 1.82) is 0 Å². The van der Waals surface area contributed by atoms with Crippen molar-refractivity contribution >= 4 is 11.6 Å². The topological polar surface area (TPSA) is 46.3 Å². The Balaban J connectivity index is 2.77. The second kappa shape index (κ2) is 6.97. The molecule has 0 fully saturated rings. The Morgan fingerprint density at radius 3 is 2.10 bits per heavy atom. The smallest absolute Gasteiger partial charge is 0.223 e. The van der Waals surface area contributed by atoms with Crippen molar-refractivity contribution in [2.45, 2.75) is 60.5 Å². The van der Waals surface area contributed by atoms with Gasteiger partial charge in [-0.2, -0.15) is 0 Å². The molecule has 1 atom stereocenters. The molecule has 0 bridgehead atoms. The molecule has 1 aromatic carbocycles. The standard InChI is InChI=1S/C18H30N2O/c1-13(2)20(12-15-7-9-16(19)10-8-15)17(21)11-14(3)18(4,5)6/h7-10,13-14H,11-12,19H2,1-6H3. The largest absolute Gasteiger partial charge is 0.399 e. The number of hydrogen-bond acceptors (Lipinski definition) is 2. The van der Waals surface area contributed by atoms with Gasteiger partial charge in [-0.3, -0.25) is 4.79 Å². The van der Waals surface area contributed by atoms with Crippen LogP contribution in [0.25, 0.3) is 0 Å². The Bertz CT molecular complexity index is 457. The van der Waals surface area contributed by atoms with E-state index in [2.05, 4.69) is 41.5 Å². The molecule has 0 aromatic heterocycles. The lowest BCUT2D eigenvalue weighted by Gasteiger charge is -2.32. The molecule has 0 aliphatic carbocycles. The molecule has 0 spiro atoms. The summed E-state index contributed by atoms with van der Waals surface area (Å²) in [6.45, 7) is 13.5. The fourth-order valence-corrected chi connectivity index (χ4v) is 2.06. The number of rotatable bonds is 5. The number of amides is 1. The minimum atomic E-state index is 0.152. The van der Waals surface area contributed by atoms with E-state index in [1.807, 2.05) is 29.2 Å². The minimum Gasteiger partial charge on any atom is -0.399 e. The van der Waals surface area contributed by atoms with Crippen LogP contribution in [0, 0.1) is 11.3 Å². The van der Waals surface area contributed by atoms with Crippen molar-refractivity contribution in [2.24, 2.45) is 11.3 Å². The zero-order chi connectivity index (χ0) is 16.2. The third kappa shape index (κ3) is 5.41. The quantitative estimate of drug-likeness (QED) is 0.831. The van der Waals surface area contributed by atoms with E-state index in [-0.39, 0.29) is 17.4 Å². The van der Waals surface area contributed by atoms with E-state index in [4.69, 9.17) is 5.73 Å². The molecule has 0 radical (unpaired) electrons. The maximum absolute atomic E-state index is 12.6. The highest BCUT2D eigenvalue weighted by Crippen LogP contribution is 2.29. The fourth-order valence-electron chi connectivity index (χ4n) is 2.06. The zero-order valence-electron chi connectivity index (χ0n) is 14.3. The highest BCUT2D eigenvalue weighted by atomic mass is 16.2. The van der Waals surface area contributed by atoms with Gasteiger partial charge in [0.15, 0.2) is 0 Å². The summed E-state index contributed by atoms with van der Waals surface area (Å²) in [5, 5.41) is 0. The van der Waals surface area contributed by atoms with Crippen LogP contribution in [0.3, 0.4) is 0 Å². The Kier molecular flexibility index (Phi) is 5.82. The number of anilines is 1. The predicted octanol–water partition coefficient (Wildman–Crippen LogP) is 4.08. The lowest BCUT2D eigenvalue weighted by Crippen LogP contribution is -2.38. The number of nitrogens with zero attached hydrogens (tertiary/aromatic N) is 1. The first kappa shape index (κ1) is 17.5. The molecule has 0 saturated heterocycles. The van der Waals surface area contributed by atoms with Crippen LogP contribution in [0.5, 0.6) is 0 Å². The van der Waals surface area contributed by atoms with Crippen LogP contribution >= 0.6 is 0 Å². The van der Waals surface area contributed by atoms with Crippen molar-refractivity contribution in [3.05, 3.63) is 29.8 Å². The number of carbonyl (C=O) groups is 1. The van der Waals surface area contributed by atoms with Gasteiger partial charge in [0.05, 0.1) is 0 Å². The Labute approximate surface area is 129 Å². The SMILES string of the molecule is CC(C)N(Cc1ccc(N)cc1)C(=O)CC(C)C(C)(C)C. The normalized spacial score (nSPS) is 13.3. The summed E-state index contributed by atoms with van der Waals surface area (Å²) in [4.78, 5) is 14.6. The third-order valence-electron chi connectivity index (χ3n) is 4.24. The summed E-state index contributed by atoms with van der Waals surface area (Å²) in [5.41, 5.74) is 7.73. The van der Waals surface area contributed by atoms with Crippen LogP contribution in [-0.2, 0) is 11.3 Å². The molecular formula is C18H30N2O. The minimum absolute atomic E-state index is 0.152. The van der Waals surface area contributed by atoms with E-state index in [0.29, 0.717) is 18.9 Å². The highest BCUT2D eigenvalue weighted by molar-refractivity contribution is 5.76. The van der Waals surface area contributed by atoms with Crippen LogP contribution in [-0.4, -0.2) is 16.8 Å². The van der Waals surface area contributed by atoms with Crippen molar-refractivity contribution in [3.8, 4) is 0 Å². The van der Waals surface area contributed by atoms with Gasteiger partial charge in [0.1, 0.15) is 0 Å². The van der Waals surface area contributed by atoms with Gasteiger partial charge in [0, 0.05) is 24.7 Å². The summed E-state index contributed by atoms with van der Waals surface area (Å²) in [6, 6.07) is 7.95. The average molecular weight is 290 g/mol. The Morgan fingerprint density at radius 2 is 1.67 bits per heavy atom. The van der Waals surface area contributed by atoms with Crippen molar-refractivity contribution in [2.75, 3.05) is 5.73 Å². The van der Waals surface area contributed by atoms with E-state index in [9.17, 15) is 4.79 Å². The van der Waals surface area contributed by atoms with Gasteiger partial charge >= 0.3 is 0 Å². The van der Waals surface area contributed by atoms with E-state index in [1.54, 1.807) is 0 Å². The predicted molar refractivity (Wildman–Crippen MR) is 89.8 cm³/mol. The summed E-state index contributed by atoms with van der Waals surface area (Å²) < 4.78 is 0. The lowest BCUT2D eigenvalue weighted by atomic mass is 9.80. The molecular weight excluding hydrogens is 260 g/mol. The van der Waals surface area contributed by atoms with Gasteiger partial charge in [0.2, 0.25) is 5.91 Å². The van der Waals surface area contributed by atoms with E-state index >= 15 is 0 Å².